The van der Waals surface area contributed by atoms with E-state index in [9.17, 15) is 9.59 Å². The molecule has 1 N–H and O–H groups in total. The number of rotatable bonds is 7. The molecule has 2 amide bonds. The SMILES string of the molecule is Cc1nn(CC(C)C)c(Cl)c1/C=C/C(=O)Nc1cccc(CN2CCCC2=O)c1. The number of halogens is 1. The molecule has 6 nitrogen and oxygen atoms in total. The molecule has 29 heavy (non-hydrogen) atoms. The highest BCUT2D eigenvalue weighted by Crippen LogP contribution is 2.22. The summed E-state index contributed by atoms with van der Waals surface area (Å²) in [6.07, 6.45) is 4.70. The van der Waals surface area contributed by atoms with E-state index in [2.05, 4.69) is 24.3 Å². The van der Waals surface area contributed by atoms with Gasteiger partial charge in [0.2, 0.25) is 11.8 Å². The van der Waals surface area contributed by atoms with E-state index in [0.29, 0.717) is 29.7 Å². The van der Waals surface area contributed by atoms with Crippen molar-refractivity contribution in [2.75, 3.05) is 11.9 Å². The van der Waals surface area contributed by atoms with E-state index < -0.39 is 0 Å². The van der Waals surface area contributed by atoms with E-state index in [1.807, 2.05) is 36.1 Å². The average molecular weight is 415 g/mol. The van der Waals surface area contributed by atoms with Gasteiger partial charge in [-0.3, -0.25) is 14.3 Å². The number of aryl methyl sites for hydroxylation is 1. The molecule has 1 aromatic carbocycles. The first kappa shape index (κ1) is 21.1. The van der Waals surface area contributed by atoms with E-state index in [-0.39, 0.29) is 11.8 Å². The Morgan fingerprint density at radius 2 is 2.17 bits per heavy atom. The maximum absolute atomic E-state index is 12.4. The van der Waals surface area contributed by atoms with E-state index >= 15 is 0 Å². The first-order chi connectivity index (χ1) is 13.8. The number of nitrogens with one attached hydrogen (secondary N) is 1. The van der Waals surface area contributed by atoms with Crippen molar-refractivity contribution in [1.29, 1.82) is 0 Å². The van der Waals surface area contributed by atoms with Crippen LogP contribution in [0.1, 0.15) is 43.5 Å². The zero-order valence-corrected chi connectivity index (χ0v) is 17.9. The normalized spacial score (nSPS) is 14.4. The largest absolute Gasteiger partial charge is 0.338 e. The van der Waals surface area contributed by atoms with Gasteiger partial charge in [0.05, 0.1) is 5.69 Å². The second-order valence-electron chi connectivity index (χ2n) is 7.81. The molecule has 0 atom stereocenters. The predicted octanol–water partition coefficient (Wildman–Crippen LogP) is 4.28. The maximum atomic E-state index is 12.4. The lowest BCUT2D eigenvalue weighted by molar-refractivity contribution is -0.128. The van der Waals surface area contributed by atoms with Gasteiger partial charge in [-0.2, -0.15) is 5.10 Å². The van der Waals surface area contributed by atoms with Gasteiger partial charge in [0.1, 0.15) is 5.15 Å². The Morgan fingerprint density at radius 3 is 2.86 bits per heavy atom. The summed E-state index contributed by atoms with van der Waals surface area (Å²) in [5.41, 5.74) is 3.23. The van der Waals surface area contributed by atoms with E-state index in [0.717, 1.165) is 36.3 Å². The molecule has 2 heterocycles. The topological polar surface area (TPSA) is 67.2 Å². The smallest absolute Gasteiger partial charge is 0.248 e. The average Bonchev–Trinajstić information content (AvgIpc) is 3.16. The molecule has 0 saturated carbocycles. The molecule has 0 radical (unpaired) electrons. The molecule has 1 saturated heterocycles. The third-order valence-corrected chi connectivity index (χ3v) is 5.19. The summed E-state index contributed by atoms with van der Waals surface area (Å²) >= 11 is 6.42. The maximum Gasteiger partial charge on any atom is 0.248 e. The number of likely N-dealkylation sites (tertiary alicyclic amines) is 1. The fourth-order valence-corrected chi connectivity index (χ4v) is 3.71. The Labute approximate surface area is 176 Å². The minimum atomic E-state index is -0.244. The van der Waals surface area contributed by atoms with Crippen LogP contribution in [0, 0.1) is 12.8 Å². The fraction of sp³-hybridized carbons (Fsp3) is 0.409. The Morgan fingerprint density at radius 1 is 1.38 bits per heavy atom. The van der Waals surface area contributed by atoms with Crippen LogP contribution in [0.2, 0.25) is 5.15 Å². The monoisotopic (exact) mass is 414 g/mol. The van der Waals surface area contributed by atoms with Crippen molar-refractivity contribution >= 4 is 35.2 Å². The summed E-state index contributed by atoms with van der Waals surface area (Å²) in [6.45, 7) is 8.18. The molecular weight excluding hydrogens is 388 g/mol. The molecule has 3 rings (SSSR count). The summed E-state index contributed by atoms with van der Waals surface area (Å²) in [5, 5.41) is 7.85. The summed E-state index contributed by atoms with van der Waals surface area (Å²) in [4.78, 5) is 26.0. The number of anilines is 1. The summed E-state index contributed by atoms with van der Waals surface area (Å²) in [6, 6.07) is 7.58. The summed E-state index contributed by atoms with van der Waals surface area (Å²) in [7, 11) is 0. The molecule has 154 valence electrons. The van der Waals surface area contributed by atoms with Gasteiger partial charge in [0, 0.05) is 43.4 Å². The highest BCUT2D eigenvalue weighted by Gasteiger charge is 2.20. The number of hydrogen-bond donors (Lipinski definition) is 1. The molecule has 0 bridgehead atoms. The summed E-state index contributed by atoms with van der Waals surface area (Å²) in [5.74, 6) is 0.370. The van der Waals surface area contributed by atoms with Crippen LogP contribution < -0.4 is 5.32 Å². The van der Waals surface area contributed by atoms with Gasteiger partial charge in [0.25, 0.3) is 0 Å². The zero-order valence-electron chi connectivity index (χ0n) is 17.1. The third-order valence-electron chi connectivity index (χ3n) is 4.79. The van der Waals surface area contributed by atoms with Crippen LogP contribution in [0.25, 0.3) is 6.08 Å². The molecule has 1 aliphatic heterocycles. The predicted molar refractivity (Wildman–Crippen MR) is 116 cm³/mol. The Balaban J connectivity index is 1.64. The number of hydrogen-bond acceptors (Lipinski definition) is 3. The lowest BCUT2D eigenvalue weighted by Gasteiger charge is -2.16. The van der Waals surface area contributed by atoms with Gasteiger partial charge < -0.3 is 10.2 Å². The lowest BCUT2D eigenvalue weighted by atomic mass is 10.2. The number of carbonyl (C=O) groups is 2. The highest BCUT2D eigenvalue weighted by atomic mass is 35.5. The Bertz CT molecular complexity index is 933. The number of carbonyl (C=O) groups excluding carboxylic acids is 2. The summed E-state index contributed by atoms with van der Waals surface area (Å²) < 4.78 is 1.77. The van der Waals surface area contributed by atoms with Crippen LogP contribution in [0.15, 0.2) is 30.3 Å². The van der Waals surface area contributed by atoms with Crippen molar-refractivity contribution in [3.63, 3.8) is 0 Å². The number of aromatic nitrogens is 2. The van der Waals surface area contributed by atoms with Crippen molar-refractivity contribution in [2.24, 2.45) is 5.92 Å². The van der Waals surface area contributed by atoms with Crippen molar-refractivity contribution in [3.8, 4) is 0 Å². The van der Waals surface area contributed by atoms with Crippen LogP contribution >= 0.6 is 11.6 Å². The zero-order chi connectivity index (χ0) is 21.0. The highest BCUT2D eigenvalue weighted by molar-refractivity contribution is 6.31. The van der Waals surface area contributed by atoms with Crippen LogP contribution in [0.4, 0.5) is 5.69 Å². The molecule has 0 unspecified atom stereocenters. The van der Waals surface area contributed by atoms with Gasteiger partial charge in [-0.05, 0) is 43.0 Å². The quantitative estimate of drug-likeness (QED) is 0.688. The number of benzene rings is 1. The lowest BCUT2D eigenvalue weighted by Crippen LogP contribution is -2.23. The molecule has 0 spiro atoms. The molecular formula is C22H27ClN4O2. The van der Waals surface area contributed by atoms with Gasteiger partial charge in [0.15, 0.2) is 0 Å². The Hall–Kier alpha value is -2.60. The van der Waals surface area contributed by atoms with Gasteiger partial charge >= 0.3 is 0 Å². The Kier molecular flexibility index (Phi) is 6.75. The third kappa shape index (κ3) is 5.48. The minimum absolute atomic E-state index is 0.188. The van der Waals surface area contributed by atoms with E-state index in [1.54, 1.807) is 10.8 Å². The van der Waals surface area contributed by atoms with Crippen LogP contribution in [0.5, 0.6) is 0 Å². The minimum Gasteiger partial charge on any atom is -0.338 e. The van der Waals surface area contributed by atoms with E-state index in [4.69, 9.17) is 11.6 Å². The van der Waals surface area contributed by atoms with Gasteiger partial charge in [-0.15, -0.1) is 0 Å². The molecule has 2 aromatic rings. The first-order valence-corrected chi connectivity index (χ1v) is 10.3. The molecule has 0 aliphatic carbocycles. The van der Waals surface area contributed by atoms with Crippen LogP contribution in [-0.4, -0.2) is 33.0 Å². The van der Waals surface area contributed by atoms with Crippen LogP contribution in [0.3, 0.4) is 0 Å². The van der Waals surface area contributed by atoms with Crippen molar-refractivity contribution in [3.05, 3.63) is 52.3 Å². The number of nitrogens with zero attached hydrogens (tertiary/aromatic N) is 3. The van der Waals surface area contributed by atoms with Crippen LogP contribution in [-0.2, 0) is 22.7 Å². The van der Waals surface area contributed by atoms with Crippen molar-refractivity contribution < 1.29 is 9.59 Å². The second kappa shape index (κ2) is 9.27. The molecule has 7 heteroatoms. The van der Waals surface area contributed by atoms with Gasteiger partial charge in [-0.25, -0.2) is 0 Å². The number of amides is 2. The van der Waals surface area contributed by atoms with Crippen molar-refractivity contribution in [1.82, 2.24) is 14.7 Å². The molecule has 1 fully saturated rings. The second-order valence-corrected chi connectivity index (χ2v) is 8.17. The fourth-order valence-electron chi connectivity index (χ4n) is 3.41. The van der Waals surface area contributed by atoms with Gasteiger partial charge in [-0.1, -0.05) is 37.6 Å². The molecule has 1 aliphatic rings. The first-order valence-electron chi connectivity index (χ1n) is 9.92. The van der Waals surface area contributed by atoms with Crippen molar-refractivity contribution in [2.45, 2.75) is 46.7 Å². The standard InChI is InChI=1S/C22H27ClN4O2/c1-15(2)13-27-22(23)19(16(3)25-27)9-10-20(28)24-18-7-4-6-17(12-18)14-26-11-5-8-21(26)29/h4,6-7,9-10,12,15H,5,8,11,13-14H2,1-3H3,(H,24,28)/b10-9+. The van der Waals surface area contributed by atoms with E-state index in [1.165, 1.54) is 6.08 Å². The molecule has 1 aromatic heterocycles.